The number of benzene rings is 1. The van der Waals surface area contributed by atoms with Crippen molar-refractivity contribution in [3.05, 3.63) is 35.9 Å². The quantitative estimate of drug-likeness (QED) is 0.577. The van der Waals surface area contributed by atoms with Crippen LogP contribution in [0.25, 0.3) is 0 Å². The van der Waals surface area contributed by atoms with Crippen LogP contribution in [-0.4, -0.2) is 62.3 Å². The summed E-state index contributed by atoms with van der Waals surface area (Å²) in [5, 5.41) is 23.0. The lowest BCUT2D eigenvalue weighted by Crippen LogP contribution is -2.44. The zero-order chi connectivity index (χ0) is 21.3. The number of anilines is 1. The molecule has 0 saturated carbocycles. The van der Waals surface area contributed by atoms with E-state index < -0.39 is 30.3 Å². The molecule has 1 saturated heterocycles. The Kier molecular flexibility index (Phi) is 9.19. The molecular weight excluding hydrogens is 428 g/mol. The van der Waals surface area contributed by atoms with E-state index in [1.807, 2.05) is 11.0 Å². The standard InChI is InChI=1S/C19H24N6O5.ClH/c26-16(12-25-18(21-22-23-25)24-9-5-2-6-10-24)15(11-17(27)28)20-19(29)30-13-14-7-3-1-4-8-14;/h1,3-4,7-8,15H,2,5-6,9-13H2,(H,20,29)(H,27,28);1H. The SMILES string of the molecule is Cl.O=C(O)CC(NC(=O)OCc1ccccc1)C(=O)Cn1nnnc1N1CCCCC1. The van der Waals surface area contributed by atoms with E-state index in [2.05, 4.69) is 20.8 Å². The molecule has 31 heavy (non-hydrogen) atoms. The van der Waals surface area contributed by atoms with Gasteiger partial charge in [0.25, 0.3) is 0 Å². The lowest BCUT2D eigenvalue weighted by molar-refractivity contribution is -0.139. The zero-order valence-corrected chi connectivity index (χ0v) is 17.7. The van der Waals surface area contributed by atoms with E-state index in [-0.39, 0.29) is 25.6 Å². The highest BCUT2D eigenvalue weighted by Crippen LogP contribution is 2.16. The summed E-state index contributed by atoms with van der Waals surface area (Å²) in [4.78, 5) is 38.0. The molecule has 1 amide bonds. The first kappa shape index (κ1) is 24.1. The van der Waals surface area contributed by atoms with Gasteiger partial charge in [-0.2, -0.15) is 0 Å². The van der Waals surface area contributed by atoms with Crippen molar-refractivity contribution in [2.24, 2.45) is 0 Å². The monoisotopic (exact) mass is 452 g/mol. The number of amides is 1. The van der Waals surface area contributed by atoms with Crippen LogP contribution in [0.3, 0.4) is 0 Å². The molecule has 1 aromatic heterocycles. The van der Waals surface area contributed by atoms with Gasteiger partial charge in [0.2, 0.25) is 5.95 Å². The number of ketones is 1. The number of nitrogens with one attached hydrogen (secondary N) is 1. The van der Waals surface area contributed by atoms with E-state index in [0.717, 1.165) is 37.9 Å². The Labute approximate surface area is 185 Å². The molecule has 2 aromatic rings. The molecule has 1 aromatic carbocycles. The van der Waals surface area contributed by atoms with Crippen molar-refractivity contribution in [3.8, 4) is 0 Å². The number of aliphatic carboxylic acids is 1. The highest BCUT2D eigenvalue weighted by molar-refractivity contribution is 5.90. The average molecular weight is 453 g/mol. The number of tetrazole rings is 1. The second kappa shape index (κ2) is 11.8. The molecule has 1 unspecified atom stereocenters. The summed E-state index contributed by atoms with van der Waals surface area (Å²) >= 11 is 0. The minimum Gasteiger partial charge on any atom is -0.481 e. The van der Waals surface area contributed by atoms with Crippen molar-refractivity contribution >= 4 is 36.2 Å². The largest absolute Gasteiger partial charge is 0.481 e. The topological polar surface area (TPSA) is 140 Å². The highest BCUT2D eigenvalue weighted by atomic mass is 35.5. The van der Waals surface area contributed by atoms with Gasteiger partial charge in [0.1, 0.15) is 19.2 Å². The number of ether oxygens (including phenoxy) is 1. The van der Waals surface area contributed by atoms with Gasteiger partial charge in [0.05, 0.1) is 6.42 Å². The molecule has 168 valence electrons. The summed E-state index contributed by atoms with van der Waals surface area (Å²) in [5.41, 5.74) is 0.772. The molecular formula is C19H25ClN6O5. The average Bonchev–Trinajstić information content (AvgIpc) is 3.21. The zero-order valence-electron chi connectivity index (χ0n) is 16.8. The molecule has 11 nitrogen and oxygen atoms in total. The summed E-state index contributed by atoms with van der Waals surface area (Å²) in [6.07, 6.45) is 1.72. The van der Waals surface area contributed by atoms with Crippen LogP contribution in [0.2, 0.25) is 0 Å². The number of carboxylic acids is 1. The number of hydrogen-bond acceptors (Lipinski definition) is 8. The maximum atomic E-state index is 12.7. The van der Waals surface area contributed by atoms with Gasteiger partial charge in [0.15, 0.2) is 5.78 Å². The Hall–Kier alpha value is -3.21. The number of hydrogen-bond donors (Lipinski definition) is 2. The molecule has 0 bridgehead atoms. The maximum Gasteiger partial charge on any atom is 0.408 e. The van der Waals surface area contributed by atoms with Gasteiger partial charge < -0.3 is 20.1 Å². The molecule has 1 aliphatic rings. The van der Waals surface area contributed by atoms with E-state index in [9.17, 15) is 14.4 Å². The second-order valence-electron chi connectivity index (χ2n) is 7.01. The first-order chi connectivity index (χ1) is 14.5. The van der Waals surface area contributed by atoms with E-state index in [1.54, 1.807) is 24.3 Å². The van der Waals surface area contributed by atoms with Gasteiger partial charge in [-0.3, -0.25) is 9.59 Å². The predicted molar refractivity (Wildman–Crippen MR) is 112 cm³/mol. The smallest absolute Gasteiger partial charge is 0.408 e. The number of piperidine rings is 1. The lowest BCUT2D eigenvalue weighted by Gasteiger charge is -2.26. The van der Waals surface area contributed by atoms with Gasteiger partial charge in [0, 0.05) is 13.1 Å². The predicted octanol–water partition coefficient (Wildman–Crippen LogP) is 1.42. The number of aromatic nitrogens is 4. The van der Waals surface area contributed by atoms with E-state index in [1.165, 1.54) is 4.68 Å². The Morgan fingerprint density at radius 2 is 1.84 bits per heavy atom. The summed E-state index contributed by atoms with van der Waals surface area (Å²) in [6.45, 7) is 1.33. The van der Waals surface area contributed by atoms with Crippen LogP contribution in [-0.2, 0) is 27.5 Å². The number of carboxylic acid groups (broad SMARTS) is 1. The normalized spacial score (nSPS) is 14.3. The summed E-state index contributed by atoms with van der Waals surface area (Å²) in [6, 6.07) is 7.76. The fourth-order valence-electron chi connectivity index (χ4n) is 3.21. The molecule has 12 heteroatoms. The van der Waals surface area contributed by atoms with Gasteiger partial charge in [-0.1, -0.05) is 35.4 Å². The van der Waals surface area contributed by atoms with Crippen molar-refractivity contribution in [1.82, 2.24) is 25.5 Å². The number of carbonyl (C=O) groups is 3. The van der Waals surface area contributed by atoms with Crippen molar-refractivity contribution < 1.29 is 24.2 Å². The van der Waals surface area contributed by atoms with Crippen LogP contribution < -0.4 is 10.2 Å². The minimum atomic E-state index is -1.26. The van der Waals surface area contributed by atoms with Crippen LogP contribution in [0.4, 0.5) is 10.7 Å². The van der Waals surface area contributed by atoms with Gasteiger partial charge in [-0.05, 0) is 35.3 Å². The lowest BCUT2D eigenvalue weighted by atomic mass is 10.1. The minimum absolute atomic E-state index is 0. The first-order valence-corrected chi connectivity index (χ1v) is 9.76. The third kappa shape index (κ3) is 7.21. The molecule has 2 N–H and O–H groups in total. The van der Waals surface area contributed by atoms with E-state index in [0.29, 0.717) is 5.95 Å². The number of carbonyl (C=O) groups excluding carboxylic acids is 2. The summed E-state index contributed by atoms with van der Waals surface area (Å²) in [5.74, 6) is -1.28. The van der Waals surface area contributed by atoms with Crippen molar-refractivity contribution in [1.29, 1.82) is 0 Å². The second-order valence-corrected chi connectivity index (χ2v) is 7.01. The molecule has 0 radical (unpaired) electrons. The Morgan fingerprint density at radius 1 is 1.13 bits per heavy atom. The molecule has 3 rings (SSSR count). The summed E-state index contributed by atoms with van der Waals surface area (Å²) < 4.78 is 6.43. The van der Waals surface area contributed by atoms with E-state index >= 15 is 0 Å². The van der Waals surface area contributed by atoms with Crippen LogP contribution >= 0.6 is 12.4 Å². The van der Waals surface area contributed by atoms with Gasteiger partial charge >= 0.3 is 12.1 Å². The number of nitrogens with zero attached hydrogens (tertiary/aromatic N) is 5. The number of rotatable bonds is 9. The Morgan fingerprint density at radius 3 is 2.52 bits per heavy atom. The fraction of sp³-hybridized carbons (Fsp3) is 0.474. The number of halogens is 1. The molecule has 2 heterocycles. The Bertz CT molecular complexity index is 872. The third-order valence-corrected chi connectivity index (χ3v) is 4.73. The van der Waals surface area contributed by atoms with Crippen LogP contribution in [0.15, 0.2) is 30.3 Å². The maximum absolute atomic E-state index is 12.7. The molecule has 0 spiro atoms. The molecule has 0 aliphatic carbocycles. The van der Waals surface area contributed by atoms with Crippen molar-refractivity contribution in [2.75, 3.05) is 18.0 Å². The number of alkyl carbamates (subject to hydrolysis) is 1. The molecule has 1 atom stereocenters. The van der Waals surface area contributed by atoms with Crippen LogP contribution in [0, 0.1) is 0 Å². The van der Waals surface area contributed by atoms with Crippen molar-refractivity contribution in [3.63, 3.8) is 0 Å². The van der Waals surface area contributed by atoms with Crippen molar-refractivity contribution in [2.45, 2.75) is 44.9 Å². The van der Waals surface area contributed by atoms with Crippen LogP contribution in [0.5, 0.6) is 0 Å². The number of Topliss-reactive ketones (excluding diaryl/α,β-unsaturated/α-hetero) is 1. The first-order valence-electron chi connectivity index (χ1n) is 9.76. The van der Waals surface area contributed by atoms with Gasteiger partial charge in [-0.25, -0.2) is 9.48 Å². The molecule has 1 aliphatic heterocycles. The van der Waals surface area contributed by atoms with Crippen LogP contribution in [0.1, 0.15) is 31.2 Å². The van der Waals surface area contributed by atoms with Gasteiger partial charge in [-0.15, -0.1) is 12.4 Å². The Balaban J connectivity index is 0.00000341. The van der Waals surface area contributed by atoms with E-state index in [4.69, 9.17) is 9.84 Å². The third-order valence-electron chi connectivity index (χ3n) is 4.73. The fourth-order valence-corrected chi connectivity index (χ4v) is 3.21. The molecule has 1 fully saturated rings. The highest BCUT2D eigenvalue weighted by Gasteiger charge is 2.27. The summed E-state index contributed by atoms with van der Waals surface area (Å²) in [7, 11) is 0.